The Morgan fingerprint density at radius 1 is 0.946 bits per heavy atom. The Morgan fingerprint density at radius 2 is 1.62 bits per heavy atom. The monoisotopic (exact) mass is 502 g/mol. The van der Waals surface area contributed by atoms with Gasteiger partial charge in [0.1, 0.15) is 5.82 Å². The highest BCUT2D eigenvalue weighted by atomic mass is 19.1. The molecule has 0 atom stereocenters. The molecule has 0 saturated heterocycles. The number of carboxylic acid groups (broad SMARTS) is 1. The first-order valence-corrected chi connectivity index (χ1v) is 12.1. The van der Waals surface area contributed by atoms with Gasteiger partial charge >= 0.3 is 5.97 Å². The smallest absolute Gasteiger partial charge is 0.307 e. The van der Waals surface area contributed by atoms with E-state index in [4.69, 9.17) is 5.11 Å². The van der Waals surface area contributed by atoms with Gasteiger partial charge in [-0.05, 0) is 68.2 Å². The summed E-state index contributed by atoms with van der Waals surface area (Å²) in [6, 6.07) is 19.3. The molecule has 0 fully saturated rings. The molecule has 0 radical (unpaired) electrons. The van der Waals surface area contributed by atoms with E-state index in [1.54, 1.807) is 30.3 Å². The first-order valence-electron chi connectivity index (χ1n) is 12.1. The Morgan fingerprint density at radius 3 is 2.27 bits per heavy atom. The van der Waals surface area contributed by atoms with Crippen LogP contribution < -0.4 is 10.6 Å². The summed E-state index contributed by atoms with van der Waals surface area (Å²) in [7, 11) is 6.20. The topological polar surface area (TPSA) is 84.9 Å². The number of amides is 1. The van der Waals surface area contributed by atoms with Gasteiger partial charge < -0.3 is 25.5 Å². The SMILES string of the molecule is CN(C)CCN(C)Cc1ccc(N/C(=C2\C(=O)Nc3cc(F)ccc32)c2ccc(CC(=O)O)cc2)cc1. The summed E-state index contributed by atoms with van der Waals surface area (Å²) >= 11 is 0. The highest BCUT2D eigenvalue weighted by molar-refractivity contribution is 6.37. The molecule has 3 N–H and O–H groups in total. The molecule has 3 aromatic rings. The molecule has 0 spiro atoms. The van der Waals surface area contributed by atoms with Crippen molar-refractivity contribution in [2.75, 3.05) is 44.9 Å². The average molecular weight is 503 g/mol. The van der Waals surface area contributed by atoms with Crippen LogP contribution in [-0.2, 0) is 22.6 Å². The van der Waals surface area contributed by atoms with Gasteiger partial charge in [-0.15, -0.1) is 0 Å². The number of benzene rings is 3. The number of nitrogens with one attached hydrogen (secondary N) is 2. The highest BCUT2D eigenvalue weighted by Crippen LogP contribution is 2.38. The zero-order valence-electron chi connectivity index (χ0n) is 21.2. The molecule has 1 amide bonds. The van der Waals surface area contributed by atoms with E-state index in [0.29, 0.717) is 33.6 Å². The van der Waals surface area contributed by atoms with Crippen molar-refractivity contribution in [1.82, 2.24) is 9.80 Å². The lowest BCUT2D eigenvalue weighted by molar-refractivity contribution is -0.136. The fourth-order valence-corrected chi connectivity index (χ4v) is 4.24. The van der Waals surface area contributed by atoms with Crippen LogP contribution in [0.25, 0.3) is 11.3 Å². The molecule has 1 aliphatic heterocycles. The van der Waals surface area contributed by atoms with Crippen molar-refractivity contribution in [3.05, 3.63) is 94.8 Å². The molecule has 3 aromatic carbocycles. The third-order valence-electron chi connectivity index (χ3n) is 6.18. The highest BCUT2D eigenvalue weighted by Gasteiger charge is 2.29. The summed E-state index contributed by atoms with van der Waals surface area (Å²) in [5.74, 6) is -1.68. The molecule has 0 saturated carbocycles. The second-order valence-electron chi connectivity index (χ2n) is 9.52. The van der Waals surface area contributed by atoms with E-state index in [2.05, 4.69) is 41.6 Å². The van der Waals surface area contributed by atoms with Gasteiger partial charge in [-0.1, -0.05) is 36.4 Å². The molecule has 1 aliphatic rings. The molecule has 37 heavy (non-hydrogen) atoms. The number of carbonyl (C=O) groups is 2. The predicted molar refractivity (Wildman–Crippen MR) is 145 cm³/mol. The average Bonchev–Trinajstić information content (AvgIpc) is 3.17. The predicted octanol–water partition coefficient (Wildman–Crippen LogP) is 4.38. The quantitative estimate of drug-likeness (QED) is 0.357. The van der Waals surface area contributed by atoms with E-state index in [1.807, 2.05) is 24.3 Å². The first-order chi connectivity index (χ1) is 17.7. The van der Waals surface area contributed by atoms with Crippen LogP contribution >= 0.6 is 0 Å². The van der Waals surface area contributed by atoms with Crippen molar-refractivity contribution in [2.24, 2.45) is 0 Å². The number of carbonyl (C=O) groups excluding carboxylic acids is 1. The summed E-state index contributed by atoms with van der Waals surface area (Å²) < 4.78 is 13.8. The molecule has 1 heterocycles. The van der Waals surface area contributed by atoms with Gasteiger partial charge in [-0.3, -0.25) is 9.59 Å². The van der Waals surface area contributed by atoms with Crippen molar-refractivity contribution in [2.45, 2.75) is 13.0 Å². The first kappa shape index (κ1) is 26.1. The molecule has 0 unspecified atom stereocenters. The summed E-state index contributed by atoms with van der Waals surface area (Å²) in [4.78, 5) is 28.5. The number of rotatable bonds is 10. The lowest BCUT2D eigenvalue weighted by Crippen LogP contribution is -2.28. The van der Waals surface area contributed by atoms with Crippen LogP contribution in [0.5, 0.6) is 0 Å². The lowest BCUT2D eigenvalue weighted by atomic mass is 9.98. The van der Waals surface area contributed by atoms with Gasteiger partial charge in [0.05, 0.1) is 23.4 Å². The maximum absolute atomic E-state index is 13.8. The number of hydrogen-bond donors (Lipinski definition) is 3. The molecule has 4 rings (SSSR count). The molecule has 8 heteroatoms. The van der Waals surface area contributed by atoms with E-state index in [9.17, 15) is 14.0 Å². The fourth-order valence-electron chi connectivity index (χ4n) is 4.24. The Labute approximate surface area is 216 Å². The summed E-state index contributed by atoms with van der Waals surface area (Å²) in [5.41, 5.74) is 5.29. The number of hydrogen-bond acceptors (Lipinski definition) is 5. The number of carboxylic acids is 1. The Balaban J connectivity index is 1.65. The van der Waals surface area contributed by atoms with Crippen molar-refractivity contribution in [1.29, 1.82) is 0 Å². The van der Waals surface area contributed by atoms with Crippen LogP contribution in [-0.4, -0.2) is 61.0 Å². The summed E-state index contributed by atoms with van der Waals surface area (Å²) in [5, 5.41) is 15.2. The van der Waals surface area contributed by atoms with E-state index in [-0.39, 0.29) is 12.3 Å². The Bertz CT molecular complexity index is 1320. The molecular formula is C29H31FN4O3. The van der Waals surface area contributed by atoms with Crippen molar-refractivity contribution in [3.63, 3.8) is 0 Å². The lowest BCUT2D eigenvalue weighted by Gasteiger charge is -2.20. The zero-order valence-corrected chi connectivity index (χ0v) is 21.2. The summed E-state index contributed by atoms with van der Waals surface area (Å²) in [6.45, 7) is 2.75. The largest absolute Gasteiger partial charge is 0.481 e. The van der Waals surface area contributed by atoms with E-state index >= 15 is 0 Å². The third kappa shape index (κ3) is 6.61. The Hall–Kier alpha value is -4.01. The second-order valence-corrected chi connectivity index (χ2v) is 9.52. The number of nitrogens with zero attached hydrogens (tertiary/aromatic N) is 2. The van der Waals surface area contributed by atoms with Crippen molar-refractivity contribution >= 4 is 34.5 Å². The van der Waals surface area contributed by atoms with E-state index < -0.39 is 11.8 Å². The minimum atomic E-state index is -0.914. The van der Waals surface area contributed by atoms with Crippen LogP contribution in [0.3, 0.4) is 0 Å². The van der Waals surface area contributed by atoms with Gasteiger partial charge in [0.2, 0.25) is 0 Å². The van der Waals surface area contributed by atoms with Crippen molar-refractivity contribution < 1.29 is 19.1 Å². The van der Waals surface area contributed by atoms with Gasteiger partial charge in [-0.25, -0.2) is 4.39 Å². The van der Waals surface area contributed by atoms with Crippen molar-refractivity contribution in [3.8, 4) is 0 Å². The Kier molecular flexibility index (Phi) is 8.01. The van der Waals surface area contributed by atoms with Crippen LogP contribution in [0.2, 0.25) is 0 Å². The zero-order chi connectivity index (χ0) is 26.5. The van der Waals surface area contributed by atoms with Gasteiger partial charge in [0.25, 0.3) is 5.91 Å². The van der Waals surface area contributed by atoms with Gasteiger partial charge in [-0.2, -0.15) is 0 Å². The van der Waals surface area contributed by atoms with E-state index in [0.717, 1.165) is 25.3 Å². The standard InChI is InChI=1S/C29H31FN4O3/c1-33(2)14-15-34(3)18-20-6-11-23(12-7-20)31-28(21-8-4-19(5-9-21)16-26(35)36)27-24-13-10-22(30)17-25(24)32-29(27)37/h4-13,17,31H,14-16,18H2,1-3H3,(H,32,37)(H,35,36)/b28-27-. The number of halogens is 1. The molecule has 0 aliphatic carbocycles. The molecule has 192 valence electrons. The number of anilines is 2. The minimum Gasteiger partial charge on any atom is -0.481 e. The normalized spacial score (nSPS) is 14.1. The minimum absolute atomic E-state index is 0.0906. The van der Waals surface area contributed by atoms with Crippen LogP contribution in [0.1, 0.15) is 22.3 Å². The number of likely N-dealkylation sites (N-methyl/N-ethyl adjacent to an activating group) is 2. The summed E-state index contributed by atoms with van der Waals surface area (Å²) in [6.07, 6.45) is -0.0906. The second kappa shape index (κ2) is 11.4. The van der Waals surface area contributed by atoms with Gasteiger partial charge in [0.15, 0.2) is 0 Å². The third-order valence-corrected chi connectivity index (χ3v) is 6.18. The maximum atomic E-state index is 13.8. The molecule has 0 bridgehead atoms. The molecule has 7 nitrogen and oxygen atoms in total. The van der Waals surface area contributed by atoms with Crippen LogP contribution in [0.15, 0.2) is 66.7 Å². The van der Waals surface area contributed by atoms with Crippen LogP contribution in [0.4, 0.5) is 15.8 Å². The van der Waals surface area contributed by atoms with E-state index in [1.165, 1.54) is 17.7 Å². The molecule has 0 aromatic heterocycles. The molecular weight excluding hydrogens is 471 g/mol. The fraction of sp³-hybridized carbons (Fsp3) is 0.241. The number of aliphatic carboxylic acids is 1. The van der Waals surface area contributed by atoms with Gasteiger partial charge in [0, 0.05) is 30.9 Å². The van der Waals surface area contributed by atoms with Crippen LogP contribution in [0, 0.1) is 5.82 Å². The number of fused-ring (bicyclic) bond motifs is 1. The maximum Gasteiger partial charge on any atom is 0.307 e.